The Morgan fingerprint density at radius 2 is 1.88 bits per heavy atom. The van der Waals surface area contributed by atoms with E-state index in [-0.39, 0.29) is 23.7 Å². The Hall–Kier alpha value is -3.55. The van der Waals surface area contributed by atoms with E-state index in [0.717, 1.165) is 32.0 Å². The number of halogens is 2. The average molecular weight is 634 g/mol. The van der Waals surface area contributed by atoms with Crippen LogP contribution in [0.3, 0.4) is 0 Å². The molecule has 1 atom stereocenters. The van der Waals surface area contributed by atoms with Crippen LogP contribution in [0.1, 0.15) is 52.0 Å². The maximum atomic E-state index is 15.7. The van der Waals surface area contributed by atoms with Gasteiger partial charge in [0.2, 0.25) is 5.89 Å². The highest BCUT2D eigenvalue weighted by atomic mass is 35.5. The third kappa shape index (κ3) is 6.68. The van der Waals surface area contributed by atoms with E-state index in [1.165, 1.54) is 11.0 Å². The van der Waals surface area contributed by atoms with Crippen molar-refractivity contribution in [1.82, 2.24) is 20.8 Å². The van der Waals surface area contributed by atoms with Gasteiger partial charge in [-0.1, -0.05) is 30.7 Å². The summed E-state index contributed by atoms with van der Waals surface area (Å²) in [4.78, 5) is 27.4. The van der Waals surface area contributed by atoms with Crippen LogP contribution in [-0.2, 0) is 31.3 Å². The number of sulfone groups is 1. The number of nitrogens with one attached hydrogen (secondary N) is 2. The molecule has 43 heavy (non-hydrogen) atoms. The van der Waals surface area contributed by atoms with E-state index in [9.17, 15) is 18.0 Å². The van der Waals surface area contributed by atoms with Gasteiger partial charge in [-0.05, 0) is 76.5 Å². The predicted octanol–water partition coefficient (Wildman–Crippen LogP) is 4.38. The fourth-order valence-electron chi connectivity index (χ4n) is 5.11. The highest BCUT2D eigenvalue weighted by Crippen LogP contribution is 2.39. The first kappa shape index (κ1) is 30.9. The van der Waals surface area contributed by atoms with E-state index in [0.29, 0.717) is 16.5 Å². The van der Waals surface area contributed by atoms with Gasteiger partial charge in [-0.25, -0.2) is 17.6 Å². The van der Waals surface area contributed by atoms with Gasteiger partial charge >= 0.3 is 6.09 Å². The van der Waals surface area contributed by atoms with Crippen LogP contribution in [0.4, 0.5) is 14.9 Å². The van der Waals surface area contributed by atoms with Gasteiger partial charge in [-0.15, -0.1) is 10.2 Å². The molecule has 0 aliphatic carbocycles. The first-order valence-corrected chi connectivity index (χ1v) is 15.8. The first-order chi connectivity index (χ1) is 20.1. The predicted molar refractivity (Wildman–Crippen MR) is 157 cm³/mol. The van der Waals surface area contributed by atoms with Gasteiger partial charge in [0.15, 0.2) is 9.84 Å². The number of hydrogen-bond acceptors (Lipinski definition) is 9. The summed E-state index contributed by atoms with van der Waals surface area (Å²) in [5.41, 5.74) is -0.923. The quantitative estimate of drug-likeness (QED) is 0.418. The summed E-state index contributed by atoms with van der Waals surface area (Å²) < 4.78 is 54.1. The maximum Gasteiger partial charge on any atom is 0.408 e. The molecule has 3 heterocycles. The molecule has 0 bridgehead atoms. The van der Waals surface area contributed by atoms with Crippen molar-refractivity contribution >= 4 is 39.1 Å². The van der Waals surface area contributed by atoms with Gasteiger partial charge in [0.1, 0.15) is 17.5 Å². The molecule has 14 heteroatoms. The van der Waals surface area contributed by atoms with Crippen molar-refractivity contribution in [1.29, 1.82) is 0 Å². The van der Waals surface area contributed by atoms with Crippen LogP contribution < -0.4 is 15.5 Å². The minimum atomic E-state index is -4.29. The van der Waals surface area contributed by atoms with E-state index >= 15 is 4.39 Å². The molecular formula is C29H33ClFN5O6S. The van der Waals surface area contributed by atoms with Gasteiger partial charge in [-0.2, -0.15) is 0 Å². The number of carbonyl (C=O) groups is 2. The molecule has 3 aromatic rings. The van der Waals surface area contributed by atoms with Crippen molar-refractivity contribution < 1.29 is 31.6 Å². The van der Waals surface area contributed by atoms with Gasteiger partial charge in [0, 0.05) is 10.4 Å². The Morgan fingerprint density at radius 3 is 2.53 bits per heavy atom. The number of anilines is 1. The molecule has 2 aliphatic rings. The van der Waals surface area contributed by atoms with E-state index in [4.69, 9.17) is 20.8 Å². The molecule has 2 aliphatic heterocycles. The van der Waals surface area contributed by atoms with Gasteiger partial charge in [-0.3, -0.25) is 4.79 Å². The minimum Gasteiger partial charge on any atom is -0.444 e. The number of aromatic nitrogens is 2. The van der Waals surface area contributed by atoms with Crippen molar-refractivity contribution in [3.05, 3.63) is 58.7 Å². The Morgan fingerprint density at radius 1 is 1.21 bits per heavy atom. The van der Waals surface area contributed by atoms with Crippen LogP contribution in [0.5, 0.6) is 0 Å². The zero-order valence-corrected chi connectivity index (χ0v) is 25.8. The zero-order valence-electron chi connectivity index (χ0n) is 24.2. The molecule has 0 unspecified atom stereocenters. The molecule has 230 valence electrons. The van der Waals surface area contributed by atoms with Crippen LogP contribution in [0.2, 0.25) is 5.02 Å². The molecule has 0 radical (unpaired) electrons. The second-order valence-corrected chi connectivity index (χ2v) is 14.5. The summed E-state index contributed by atoms with van der Waals surface area (Å²) in [6.07, 6.45) is 0.527. The Balaban J connectivity index is 1.59. The topological polar surface area (TPSA) is 144 Å². The Labute approximate surface area is 254 Å². The molecule has 5 rings (SSSR count). The smallest absolute Gasteiger partial charge is 0.408 e. The van der Waals surface area contributed by atoms with Crippen molar-refractivity contribution in [2.45, 2.75) is 69.0 Å². The zero-order chi connectivity index (χ0) is 31.2. The molecule has 2 amide bonds. The lowest BCUT2D eigenvalue weighted by atomic mass is 9.81. The summed E-state index contributed by atoms with van der Waals surface area (Å²) in [6.45, 7) is 8.34. The van der Waals surface area contributed by atoms with Crippen molar-refractivity contribution in [2.75, 3.05) is 23.7 Å². The number of fused-ring (bicyclic) bond motifs is 1. The number of benzene rings is 2. The standard InChI is InChI=1S/C29H33ClFN5O6S/c1-28(2,3)42-27(38)33-21-16-43(39,40)23-14-20(31)19(24-34-35-26(41-24)29(4)9-11-32-12-10-29)13-22(23)36(25(21)37)15-17-5-7-18(30)8-6-17/h5-8,13-14,21,32H,9-12,15-16H2,1-4H3,(H,33,38)/t21-/m0/s1. The highest BCUT2D eigenvalue weighted by molar-refractivity contribution is 7.91. The number of piperidine rings is 1. The lowest BCUT2D eigenvalue weighted by molar-refractivity contribution is -0.120. The van der Waals surface area contributed by atoms with Crippen molar-refractivity contribution in [3.63, 3.8) is 0 Å². The number of alkyl carbamates (subject to hydrolysis) is 1. The fourth-order valence-corrected chi connectivity index (χ4v) is 6.85. The summed E-state index contributed by atoms with van der Waals surface area (Å²) in [5, 5.41) is 14.4. The van der Waals surface area contributed by atoms with Gasteiger partial charge in [0.25, 0.3) is 11.8 Å². The minimum absolute atomic E-state index is 0.0855. The van der Waals surface area contributed by atoms with Crippen LogP contribution in [0.25, 0.3) is 11.5 Å². The number of carbonyl (C=O) groups excluding carboxylic acids is 2. The molecule has 0 saturated carbocycles. The summed E-state index contributed by atoms with van der Waals surface area (Å²) in [7, 11) is -4.29. The largest absolute Gasteiger partial charge is 0.444 e. The van der Waals surface area contributed by atoms with E-state index in [1.54, 1.807) is 45.0 Å². The summed E-state index contributed by atoms with van der Waals surface area (Å²) in [6, 6.07) is 7.19. The molecule has 11 nitrogen and oxygen atoms in total. The number of amides is 2. The number of rotatable bonds is 5. The van der Waals surface area contributed by atoms with E-state index in [1.807, 2.05) is 6.92 Å². The van der Waals surface area contributed by atoms with Gasteiger partial charge < -0.3 is 24.7 Å². The van der Waals surface area contributed by atoms with Crippen LogP contribution in [-0.4, -0.2) is 61.1 Å². The molecule has 0 spiro atoms. The number of hydrogen-bond donors (Lipinski definition) is 2. The van der Waals surface area contributed by atoms with Crippen molar-refractivity contribution in [2.24, 2.45) is 0 Å². The average Bonchev–Trinajstić information content (AvgIpc) is 3.40. The van der Waals surface area contributed by atoms with Crippen molar-refractivity contribution in [3.8, 4) is 11.5 Å². The monoisotopic (exact) mass is 633 g/mol. The number of ether oxygens (including phenoxy) is 1. The number of nitrogens with zero attached hydrogens (tertiary/aromatic N) is 3. The lowest BCUT2D eigenvalue weighted by Gasteiger charge is -2.30. The molecule has 2 aromatic carbocycles. The van der Waals surface area contributed by atoms with Gasteiger partial charge in [0.05, 0.1) is 28.4 Å². The normalized spacial score (nSPS) is 19.8. The molecular weight excluding hydrogens is 601 g/mol. The van der Waals surface area contributed by atoms with Crippen LogP contribution in [0, 0.1) is 5.82 Å². The molecule has 1 fully saturated rings. The van der Waals surface area contributed by atoms with E-state index < -0.39 is 55.4 Å². The second-order valence-electron chi connectivity index (χ2n) is 12.1. The lowest BCUT2D eigenvalue weighted by Crippen LogP contribution is -2.51. The molecule has 2 N–H and O–H groups in total. The summed E-state index contributed by atoms with van der Waals surface area (Å²) in [5.74, 6) is -2.23. The first-order valence-electron chi connectivity index (χ1n) is 13.8. The summed E-state index contributed by atoms with van der Waals surface area (Å²) >= 11 is 6.05. The Bertz CT molecular complexity index is 1650. The third-order valence-electron chi connectivity index (χ3n) is 7.45. The van der Waals surface area contributed by atoms with Crippen LogP contribution in [0.15, 0.2) is 45.7 Å². The van der Waals surface area contributed by atoms with E-state index in [2.05, 4.69) is 20.8 Å². The Kier molecular flexibility index (Phi) is 8.27. The fraction of sp³-hybridized carbons (Fsp3) is 0.448. The second kappa shape index (κ2) is 11.5. The highest BCUT2D eigenvalue weighted by Gasteiger charge is 2.41. The molecule has 1 saturated heterocycles. The SMILES string of the molecule is CC(C)(C)OC(=O)N[C@H]1CS(=O)(=O)c2cc(F)c(-c3nnc(C4(C)CCNCC4)o3)cc2N(Cc2ccc(Cl)cc2)C1=O. The van der Waals surface area contributed by atoms with Crippen LogP contribution >= 0.6 is 11.6 Å². The molecule has 1 aromatic heterocycles. The maximum absolute atomic E-state index is 15.7. The third-order valence-corrected chi connectivity index (χ3v) is 9.47.